The third-order valence-corrected chi connectivity index (χ3v) is 12.3. The van der Waals surface area contributed by atoms with Crippen LogP contribution in [0.3, 0.4) is 0 Å². The van der Waals surface area contributed by atoms with Gasteiger partial charge >= 0.3 is 0 Å². The van der Waals surface area contributed by atoms with Gasteiger partial charge in [0.15, 0.2) is 0 Å². The van der Waals surface area contributed by atoms with Crippen molar-refractivity contribution >= 4 is 41.3 Å². The summed E-state index contributed by atoms with van der Waals surface area (Å²) in [4.78, 5) is 18.4. The molecule has 1 spiro atoms. The van der Waals surface area contributed by atoms with E-state index in [1.165, 1.54) is 34.6 Å². The van der Waals surface area contributed by atoms with Crippen molar-refractivity contribution in [2.45, 2.75) is 31.4 Å². The van der Waals surface area contributed by atoms with Gasteiger partial charge in [-0.3, -0.25) is 10.2 Å². The summed E-state index contributed by atoms with van der Waals surface area (Å²) in [5.74, 6) is -0.132. The van der Waals surface area contributed by atoms with E-state index in [2.05, 4.69) is 65.4 Å². The fourth-order valence-corrected chi connectivity index (χ4v) is 9.79. The van der Waals surface area contributed by atoms with Crippen LogP contribution in [0.1, 0.15) is 39.9 Å². The Kier molecular flexibility index (Phi) is 3.98. The fourth-order valence-electron chi connectivity index (χ4n) is 6.59. The van der Waals surface area contributed by atoms with E-state index in [0.717, 1.165) is 42.9 Å². The number of benzene rings is 3. The molecule has 3 aromatic carbocycles. The summed E-state index contributed by atoms with van der Waals surface area (Å²) in [6, 6.07) is 21.7. The van der Waals surface area contributed by atoms with Crippen molar-refractivity contribution in [3.63, 3.8) is 0 Å². The molecule has 0 bridgehead atoms. The van der Waals surface area contributed by atoms with Crippen LogP contribution in [0.25, 0.3) is 0 Å². The summed E-state index contributed by atoms with van der Waals surface area (Å²) in [7, 11) is -2.09. The molecule has 170 valence electrons. The highest BCUT2D eigenvalue weighted by Gasteiger charge is 2.57. The van der Waals surface area contributed by atoms with Crippen LogP contribution in [0, 0.1) is 5.41 Å². The van der Waals surface area contributed by atoms with Gasteiger partial charge in [-0.25, -0.2) is 0 Å². The number of carbonyl (C=O) groups is 1. The molecular weight excluding hydrogens is 434 g/mol. The van der Waals surface area contributed by atoms with Gasteiger partial charge in [-0.05, 0) is 64.2 Å². The summed E-state index contributed by atoms with van der Waals surface area (Å²) >= 11 is 0. The first-order chi connectivity index (χ1) is 16.4. The summed E-state index contributed by atoms with van der Waals surface area (Å²) < 4.78 is 0. The van der Waals surface area contributed by atoms with Gasteiger partial charge in [0.05, 0.1) is 11.1 Å². The topological polar surface area (TPSA) is 47.4 Å². The summed E-state index contributed by atoms with van der Waals surface area (Å²) in [5, 5.41) is 12.0. The number of nitrogens with one attached hydrogen (secondary N) is 1. The Morgan fingerprint density at radius 1 is 0.765 bits per heavy atom. The number of fused-ring (bicyclic) bond motifs is 6. The molecule has 0 unspecified atom stereocenters. The van der Waals surface area contributed by atoms with Crippen molar-refractivity contribution in [2.75, 3.05) is 36.0 Å². The highest BCUT2D eigenvalue weighted by atomic mass is 28.3. The number of Topliss-reactive ketones (excluding diaryl/α,β-unsaturated/α-hetero) is 1. The number of carbonyl (C=O) groups excluding carboxylic acids is 1. The molecule has 0 atom stereocenters. The van der Waals surface area contributed by atoms with Crippen LogP contribution in [-0.4, -0.2) is 45.7 Å². The summed E-state index contributed by atoms with van der Waals surface area (Å²) in [6.07, 6.45) is 2.49. The standard InChI is InChI=1S/C29H29N3OSi/c1-34(2)25-17-19(31-13-5-14-31)9-11-23(25)29(22-8-4-3-7-21(22)27(33)28(29)30)24-12-10-20(18-26(24)34)32-15-6-16-32/h3-4,7-12,17-18,30H,5-6,13-16H2,1-2H3. The molecule has 5 heteroatoms. The lowest BCUT2D eigenvalue weighted by molar-refractivity contribution is 0.106. The molecule has 0 saturated carbocycles. The molecule has 34 heavy (non-hydrogen) atoms. The first-order valence-corrected chi connectivity index (χ1v) is 15.5. The van der Waals surface area contributed by atoms with Crippen molar-refractivity contribution in [2.24, 2.45) is 0 Å². The molecule has 0 amide bonds. The van der Waals surface area contributed by atoms with Crippen molar-refractivity contribution in [3.05, 3.63) is 82.9 Å². The number of anilines is 2. The third-order valence-electron chi connectivity index (χ3n) is 8.78. The molecule has 3 heterocycles. The molecule has 4 nitrogen and oxygen atoms in total. The fraction of sp³-hybridized carbons (Fsp3) is 0.310. The maximum absolute atomic E-state index is 13.5. The minimum Gasteiger partial charge on any atom is -0.371 e. The van der Waals surface area contributed by atoms with Crippen molar-refractivity contribution in [1.82, 2.24) is 0 Å². The third kappa shape index (κ3) is 2.33. The average molecular weight is 464 g/mol. The van der Waals surface area contributed by atoms with E-state index in [9.17, 15) is 10.2 Å². The van der Waals surface area contributed by atoms with Gasteiger partial charge in [-0.15, -0.1) is 0 Å². The monoisotopic (exact) mass is 463 g/mol. The van der Waals surface area contributed by atoms with Gasteiger partial charge in [0.1, 0.15) is 8.07 Å². The zero-order chi connectivity index (χ0) is 23.2. The van der Waals surface area contributed by atoms with E-state index in [0.29, 0.717) is 5.56 Å². The van der Waals surface area contributed by atoms with E-state index < -0.39 is 13.5 Å². The number of rotatable bonds is 2. The van der Waals surface area contributed by atoms with Crippen LogP contribution in [-0.2, 0) is 5.41 Å². The van der Waals surface area contributed by atoms with Gasteiger partial charge in [0.25, 0.3) is 0 Å². The maximum atomic E-state index is 13.5. The SMILES string of the molecule is C[Si]1(C)c2cc(N3CCC3)ccc2C2(C(=N)C(=O)c3ccccc32)c2ccc(N3CCC3)cc21. The smallest absolute Gasteiger partial charge is 0.208 e. The molecule has 0 aromatic heterocycles. The number of hydrogen-bond donors (Lipinski definition) is 1. The molecule has 1 aliphatic carbocycles. The summed E-state index contributed by atoms with van der Waals surface area (Å²) in [5.41, 5.74) is 5.92. The van der Waals surface area contributed by atoms with Gasteiger partial charge < -0.3 is 9.80 Å². The van der Waals surface area contributed by atoms with E-state index >= 15 is 0 Å². The minimum atomic E-state index is -2.09. The Morgan fingerprint density at radius 2 is 1.29 bits per heavy atom. The largest absolute Gasteiger partial charge is 0.371 e. The lowest BCUT2D eigenvalue weighted by Crippen LogP contribution is -2.64. The minimum absolute atomic E-state index is 0.132. The molecule has 3 aromatic rings. The Labute approximate surface area is 201 Å². The van der Waals surface area contributed by atoms with Gasteiger partial charge in [0.2, 0.25) is 5.78 Å². The predicted molar refractivity (Wildman–Crippen MR) is 142 cm³/mol. The Bertz CT molecular complexity index is 1330. The van der Waals surface area contributed by atoms with Crippen LogP contribution in [0.5, 0.6) is 0 Å². The van der Waals surface area contributed by atoms with E-state index in [4.69, 9.17) is 0 Å². The molecule has 4 aliphatic rings. The van der Waals surface area contributed by atoms with Crippen LogP contribution < -0.4 is 20.2 Å². The van der Waals surface area contributed by atoms with Gasteiger partial charge in [-0.1, -0.05) is 49.5 Å². The highest BCUT2D eigenvalue weighted by molar-refractivity contribution is 7.01. The second kappa shape index (κ2) is 6.69. The molecule has 2 saturated heterocycles. The zero-order valence-corrected chi connectivity index (χ0v) is 20.8. The second-order valence-electron chi connectivity index (χ2n) is 10.8. The Balaban J connectivity index is 1.57. The van der Waals surface area contributed by atoms with Crippen LogP contribution in [0.2, 0.25) is 13.1 Å². The predicted octanol–water partition coefficient (Wildman–Crippen LogP) is 3.79. The molecular formula is C29H29N3OSi. The van der Waals surface area contributed by atoms with Gasteiger partial charge in [0, 0.05) is 43.1 Å². The molecule has 1 N–H and O–H groups in total. The van der Waals surface area contributed by atoms with Crippen molar-refractivity contribution in [3.8, 4) is 0 Å². The lowest BCUT2D eigenvalue weighted by Gasteiger charge is -2.46. The van der Waals surface area contributed by atoms with E-state index in [1.807, 2.05) is 18.2 Å². The maximum Gasteiger partial charge on any atom is 0.208 e. The molecule has 7 rings (SSSR count). The Hall–Kier alpha value is -3.18. The number of ketones is 1. The van der Waals surface area contributed by atoms with Crippen molar-refractivity contribution < 1.29 is 4.79 Å². The zero-order valence-electron chi connectivity index (χ0n) is 19.8. The number of hydrogen-bond acceptors (Lipinski definition) is 4. The Morgan fingerprint density at radius 3 is 1.79 bits per heavy atom. The molecule has 3 aliphatic heterocycles. The van der Waals surface area contributed by atoms with Crippen LogP contribution in [0.15, 0.2) is 60.7 Å². The lowest BCUT2D eigenvalue weighted by atomic mass is 9.68. The quantitative estimate of drug-likeness (QED) is 0.588. The van der Waals surface area contributed by atoms with Crippen LogP contribution >= 0.6 is 0 Å². The average Bonchev–Trinajstić information content (AvgIpc) is 2.99. The molecule has 2 fully saturated rings. The number of nitrogens with zero attached hydrogens (tertiary/aromatic N) is 2. The molecule has 0 radical (unpaired) electrons. The van der Waals surface area contributed by atoms with E-state index in [1.54, 1.807) is 0 Å². The van der Waals surface area contributed by atoms with Crippen LogP contribution in [0.4, 0.5) is 11.4 Å². The first kappa shape index (κ1) is 20.2. The van der Waals surface area contributed by atoms with Crippen molar-refractivity contribution in [1.29, 1.82) is 5.41 Å². The summed E-state index contributed by atoms with van der Waals surface area (Å²) in [6.45, 7) is 9.34. The second-order valence-corrected chi connectivity index (χ2v) is 15.1. The van der Waals surface area contributed by atoms with Gasteiger partial charge in [-0.2, -0.15) is 0 Å². The normalized spacial score (nSPS) is 21.0. The van der Waals surface area contributed by atoms with E-state index in [-0.39, 0.29) is 11.5 Å². The highest BCUT2D eigenvalue weighted by Crippen LogP contribution is 2.49. The first-order valence-electron chi connectivity index (χ1n) is 12.5.